The van der Waals surface area contributed by atoms with E-state index in [0.717, 1.165) is 30.6 Å². The fraction of sp³-hybridized carbons (Fsp3) is 0.417. The third-order valence-corrected chi connectivity index (χ3v) is 6.20. The SMILES string of the molecule is CN/C=C(\C=N)Nc1nccc(-c2ccc(CNC(=O)N3CCC(C(C)(C)C)C3)c(Cl)c2)n1. The molecule has 176 valence electrons. The number of halogens is 1. The molecule has 0 saturated carbocycles. The number of urea groups is 1. The first kappa shape index (κ1) is 24.5. The molecule has 4 N–H and O–H groups in total. The van der Waals surface area contributed by atoms with Gasteiger partial charge in [-0.3, -0.25) is 0 Å². The first-order valence-corrected chi connectivity index (χ1v) is 11.4. The van der Waals surface area contributed by atoms with Crippen LogP contribution >= 0.6 is 11.6 Å². The van der Waals surface area contributed by atoms with Crippen LogP contribution in [0.2, 0.25) is 5.02 Å². The van der Waals surface area contributed by atoms with E-state index in [1.807, 2.05) is 23.1 Å². The lowest BCUT2D eigenvalue weighted by Gasteiger charge is -2.27. The summed E-state index contributed by atoms with van der Waals surface area (Å²) in [7, 11) is 1.75. The van der Waals surface area contributed by atoms with Crippen molar-refractivity contribution in [1.82, 2.24) is 25.5 Å². The van der Waals surface area contributed by atoms with E-state index in [1.54, 1.807) is 25.5 Å². The fourth-order valence-electron chi connectivity index (χ4n) is 3.76. The maximum atomic E-state index is 12.6. The van der Waals surface area contributed by atoms with E-state index in [0.29, 0.717) is 34.8 Å². The number of aromatic nitrogens is 2. The second kappa shape index (κ2) is 10.7. The molecule has 8 nitrogen and oxygen atoms in total. The van der Waals surface area contributed by atoms with E-state index >= 15 is 0 Å². The van der Waals surface area contributed by atoms with Crippen LogP contribution in [0.1, 0.15) is 32.8 Å². The summed E-state index contributed by atoms with van der Waals surface area (Å²) in [5.74, 6) is 0.895. The Labute approximate surface area is 200 Å². The van der Waals surface area contributed by atoms with Crippen LogP contribution in [-0.2, 0) is 6.54 Å². The molecule has 1 aliphatic heterocycles. The molecule has 1 aromatic carbocycles. The molecular weight excluding hydrogens is 438 g/mol. The Morgan fingerprint density at radius 3 is 2.76 bits per heavy atom. The van der Waals surface area contributed by atoms with E-state index in [2.05, 4.69) is 46.7 Å². The van der Waals surface area contributed by atoms with Crippen LogP contribution in [0.25, 0.3) is 11.3 Å². The Morgan fingerprint density at radius 1 is 1.33 bits per heavy atom. The van der Waals surface area contributed by atoms with Crippen molar-refractivity contribution in [3.05, 3.63) is 52.9 Å². The number of anilines is 1. The molecule has 1 aliphatic rings. The average molecular weight is 470 g/mol. The molecule has 1 fully saturated rings. The smallest absolute Gasteiger partial charge is 0.317 e. The zero-order chi connectivity index (χ0) is 24.0. The van der Waals surface area contributed by atoms with Gasteiger partial charge in [0.05, 0.1) is 11.4 Å². The average Bonchev–Trinajstić information content (AvgIpc) is 3.29. The lowest BCUT2D eigenvalue weighted by Crippen LogP contribution is -2.39. The summed E-state index contributed by atoms with van der Waals surface area (Å²) in [6.45, 7) is 8.61. The molecule has 0 radical (unpaired) electrons. The van der Waals surface area contributed by atoms with Gasteiger partial charge in [-0.2, -0.15) is 0 Å². The molecule has 2 amide bonds. The minimum Gasteiger partial charge on any atom is -0.392 e. The second-order valence-electron chi connectivity index (χ2n) is 9.19. The Hall–Kier alpha value is -3.13. The minimum atomic E-state index is -0.0509. The Kier molecular flexibility index (Phi) is 7.92. The summed E-state index contributed by atoms with van der Waals surface area (Å²) in [5, 5.41) is 16.8. The summed E-state index contributed by atoms with van der Waals surface area (Å²) in [5.41, 5.74) is 3.11. The Bertz CT molecular complexity index is 1030. The predicted octanol–water partition coefficient (Wildman–Crippen LogP) is 4.50. The van der Waals surface area contributed by atoms with E-state index < -0.39 is 0 Å². The number of nitrogens with one attached hydrogen (secondary N) is 4. The van der Waals surface area contributed by atoms with Crippen LogP contribution in [-0.4, -0.2) is 47.3 Å². The normalized spacial score (nSPS) is 16.5. The van der Waals surface area contributed by atoms with Gasteiger partial charge in [0, 0.05) is 55.9 Å². The molecule has 9 heteroatoms. The van der Waals surface area contributed by atoms with Crippen molar-refractivity contribution < 1.29 is 4.79 Å². The molecule has 2 heterocycles. The van der Waals surface area contributed by atoms with Crippen molar-refractivity contribution in [2.45, 2.75) is 33.7 Å². The second-order valence-corrected chi connectivity index (χ2v) is 9.59. The van der Waals surface area contributed by atoms with Crippen molar-refractivity contribution in [3.63, 3.8) is 0 Å². The number of allylic oxidation sites excluding steroid dienone is 1. The van der Waals surface area contributed by atoms with Gasteiger partial charge < -0.3 is 26.3 Å². The van der Waals surface area contributed by atoms with Gasteiger partial charge >= 0.3 is 6.03 Å². The molecule has 0 aliphatic carbocycles. The standard InChI is InChI=1S/C24H32ClN7O/c1-24(2,3)18-8-10-32(15-18)23(33)29-13-17-6-5-16(11-20(17)25)21-7-9-28-22(31-21)30-19(12-26)14-27-4/h5-7,9,11-12,14,18,26-27H,8,10,13,15H2,1-4H3,(H,29,33)(H,28,30,31)/b19-14+,26-12?. The van der Waals surface area contributed by atoms with E-state index in [-0.39, 0.29) is 11.4 Å². The van der Waals surface area contributed by atoms with Crippen LogP contribution in [0.3, 0.4) is 0 Å². The molecule has 1 unspecified atom stereocenters. The fourth-order valence-corrected chi connectivity index (χ4v) is 4.01. The van der Waals surface area contributed by atoms with Gasteiger partial charge in [-0.05, 0) is 35.4 Å². The van der Waals surface area contributed by atoms with Crippen LogP contribution < -0.4 is 16.0 Å². The van der Waals surface area contributed by atoms with Crippen molar-refractivity contribution in [2.75, 3.05) is 25.5 Å². The monoisotopic (exact) mass is 469 g/mol. The Balaban J connectivity index is 1.64. The lowest BCUT2D eigenvalue weighted by molar-refractivity contribution is 0.196. The number of hydrogen-bond donors (Lipinski definition) is 4. The molecule has 2 aromatic rings. The van der Waals surface area contributed by atoms with Gasteiger partial charge in [-0.15, -0.1) is 0 Å². The molecule has 1 aromatic heterocycles. The third kappa shape index (κ3) is 6.44. The highest BCUT2D eigenvalue weighted by Crippen LogP contribution is 2.33. The predicted molar refractivity (Wildman–Crippen MR) is 133 cm³/mol. The molecule has 0 spiro atoms. The van der Waals surface area contributed by atoms with Crippen molar-refractivity contribution in [3.8, 4) is 11.3 Å². The van der Waals surface area contributed by atoms with Gasteiger partial charge in [0.15, 0.2) is 0 Å². The highest BCUT2D eigenvalue weighted by Gasteiger charge is 2.33. The number of nitrogens with zero attached hydrogens (tertiary/aromatic N) is 3. The molecule has 33 heavy (non-hydrogen) atoms. The van der Waals surface area contributed by atoms with Gasteiger partial charge in [-0.1, -0.05) is 44.5 Å². The summed E-state index contributed by atoms with van der Waals surface area (Å²) < 4.78 is 0. The zero-order valence-electron chi connectivity index (χ0n) is 19.6. The van der Waals surface area contributed by atoms with Crippen molar-refractivity contribution in [1.29, 1.82) is 5.41 Å². The lowest BCUT2D eigenvalue weighted by atomic mass is 9.80. The summed E-state index contributed by atoms with van der Waals surface area (Å²) in [6, 6.07) is 7.40. The number of likely N-dealkylation sites (tertiary alicyclic amines) is 1. The Morgan fingerprint density at radius 2 is 2.12 bits per heavy atom. The molecule has 1 atom stereocenters. The van der Waals surface area contributed by atoms with Gasteiger partial charge in [0.1, 0.15) is 0 Å². The topological polar surface area (TPSA) is 106 Å². The van der Waals surface area contributed by atoms with Crippen molar-refractivity contribution >= 4 is 29.8 Å². The van der Waals surface area contributed by atoms with Crippen LogP contribution in [0.5, 0.6) is 0 Å². The highest BCUT2D eigenvalue weighted by atomic mass is 35.5. The highest BCUT2D eigenvalue weighted by molar-refractivity contribution is 6.31. The van der Waals surface area contributed by atoms with E-state index in [4.69, 9.17) is 17.0 Å². The maximum absolute atomic E-state index is 12.6. The summed E-state index contributed by atoms with van der Waals surface area (Å²) in [4.78, 5) is 23.2. The van der Waals surface area contributed by atoms with Gasteiger partial charge in [0.2, 0.25) is 5.95 Å². The van der Waals surface area contributed by atoms with E-state index in [9.17, 15) is 4.79 Å². The number of amides is 2. The summed E-state index contributed by atoms with van der Waals surface area (Å²) in [6.07, 6.45) is 5.51. The van der Waals surface area contributed by atoms with Crippen molar-refractivity contribution in [2.24, 2.45) is 11.3 Å². The first-order chi connectivity index (χ1) is 15.7. The number of carbonyl (C=O) groups is 1. The molecule has 0 bridgehead atoms. The van der Waals surface area contributed by atoms with Gasteiger partial charge in [0.25, 0.3) is 0 Å². The summed E-state index contributed by atoms with van der Waals surface area (Å²) >= 11 is 6.52. The molecule has 1 saturated heterocycles. The van der Waals surface area contributed by atoms with Crippen LogP contribution in [0.15, 0.2) is 42.4 Å². The number of benzene rings is 1. The molecular formula is C24H32ClN7O. The number of hydrogen-bond acceptors (Lipinski definition) is 6. The maximum Gasteiger partial charge on any atom is 0.317 e. The number of rotatable bonds is 7. The minimum absolute atomic E-state index is 0.0509. The first-order valence-electron chi connectivity index (χ1n) is 11.0. The zero-order valence-corrected chi connectivity index (χ0v) is 20.3. The largest absolute Gasteiger partial charge is 0.392 e. The number of carbonyl (C=O) groups excluding carboxylic acids is 1. The quantitative estimate of drug-likeness (QED) is 0.447. The van der Waals surface area contributed by atoms with Crippen LogP contribution in [0, 0.1) is 16.7 Å². The van der Waals surface area contributed by atoms with Gasteiger partial charge in [-0.25, -0.2) is 14.8 Å². The van der Waals surface area contributed by atoms with Crippen LogP contribution in [0.4, 0.5) is 10.7 Å². The van der Waals surface area contributed by atoms with E-state index in [1.165, 1.54) is 6.21 Å². The third-order valence-electron chi connectivity index (χ3n) is 5.85. The molecule has 3 rings (SSSR count).